The third-order valence-electron chi connectivity index (χ3n) is 4.20. The zero-order valence-corrected chi connectivity index (χ0v) is 8.18. The molecule has 13 heavy (non-hydrogen) atoms. The zero-order valence-electron chi connectivity index (χ0n) is 8.18. The van der Waals surface area contributed by atoms with E-state index >= 15 is 0 Å². The second-order valence-corrected chi connectivity index (χ2v) is 5.30. The van der Waals surface area contributed by atoms with Gasteiger partial charge in [0.25, 0.3) is 0 Å². The number of fused-ring (bicyclic) bond motifs is 3. The number of carbonyl (C=O) groups excluding carboxylic acids is 1. The smallest absolute Gasteiger partial charge is 0.156 e. The minimum atomic E-state index is 0.271. The summed E-state index contributed by atoms with van der Waals surface area (Å²) in [7, 11) is 0. The highest BCUT2D eigenvalue weighted by Gasteiger charge is 2.50. The highest BCUT2D eigenvalue weighted by Crippen LogP contribution is 2.59. The van der Waals surface area contributed by atoms with Gasteiger partial charge in [0.05, 0.1) is 0 Å². The summed E-state index contributed by atoms with van der Waals surface area (Å²) in [5.41, 5.74) is 1.78. The topological polar surface area (TPSA) is 17.1 Å². The van der Waals surface area contributed by atoms with E-state index in [9.17, 15) is 4.79 Å². The second kappa shape index (κ2) is 2.26. The van der Waals surface area contributed by atoms with Crippen LogP contribution in [-0.4, -0.2) is 5.78 Å². The number of hydrogen-bond acceptors (Lipinski definition) is 1. The molecular formula is C12H16O. The molecular weight excluding hydrogens is 160 g/mol. The highest BCUT2D eigenvalue weighted by molar-refractivity contribution is 5.94. The van der Waals surface area contributed by atoms with Gasteiger partial charge in [-0.25, -0.2) is 0 Å². The van der Waals surface area contributed by atoms with Gasteiger partial charge in [-0.1, -0.05) is 18.9 Å². The first kappa shape index (κ1) is 7.78. The zero-order chi connectivity index (χ0) is 9.05. The maximum absolute atomic E-state index is 11.4. The van der Waals surface area contributed by atoms with Gasteiger partial charge in [-0.2, -0.15) is 0 Å². The van der Waals surface area contributed by atoms with Crippen molar-refractivity contribution in [3.8, 4) is 0 Å². The van der Waals surface area contributed by atoms with E-state index in [4.69, 9.17) is 0 Å². The van der Waals surface area contributed by atoms with E-state index in [1.165, 1.54) is 31.3 Å². The Balaban J connectivity index is 2.00. The van der Waals surface area contributed by atoms with Gasteiger partial charge < -0.3 is 0 Å². The van der Waals surface area contributed by atoms with Crippen LogP contribution in [0.1, 0.15) is 39.0 Å². The molecule has 0 N–H and O–H groups in total. The lowest BCUT2D eigenvalue weighted by atomic mass is 9.78. The molecule has 0 spiro atoms. The summed E-state index contributed by atoms with van der Waals surface area (Å²) < 4.78 is 0. The molecule has 3 aliphatic rings. The van der Waals surface area contributed by atoms with E-state index in [1.807, 2.05) is 6.08 Å². The van der Waals surface area contributed by atoms with E-state index in [1.54, 1.807) is 0 Å². The molecule has 70 valence electrons. The molecule has 0 radical (unpaired) electrons. The van der Waals surface area contributed by atoms with Crippen molar-refractivity contribution < 1.29 is 4.79 Å². The Labute approximate surface area is 79.2 Å². The van der Waals surface area contributed by atoms with Gasteiger partial charge in [0.1, 0.15) is 0 Å². The highest BCUT2D eigenvalue weighted by atomic mass is 16.1. The molecule has 0 heterocycles. The van der Waals surface area contributed by atoms with Crippen LogP contribution in [0, 0.1) is 17.3 Å². The lowest BCUT2D eigenvalue weighted by Gasteiger charge is -2.25. The van der Waals surface area contributed by atoms with Crippen molar-refractivity contribution in [3.05, 3.63) is 11.6 Å². The van der Waals surface area contributed by atoms with E-state index in [0.29, 0.717) is 5.78 Å². The second-order valence-electron chi connectivity index (χ2n) is 5.30. The molecule has 0 unspecified atom stereocenters. The number of allylic oxidation sites excluding steroid dienone is 2. The summed E-state index contributed by atoms with van der Waals surface area (Å²) in [5.74, 6) is 2.13. The molecule has 1 heteroatoms. The predicted octanol–water partition coefficient (Wildman–Crippen LogP) is 2.71. The largest absolute Gasteiger partial charge is 0.295 e. The average molecular weight is 176 g/mol. The number of rotatable bonds is 0. The summed E-state index contributed by atoms with van der Waals surface area (Å²) in [6.45, 7) is 2.30. The fourth-order valence-electron chi connectivity index (χ4n) is 3.37. The van der Waals surface area contributed by atoms with Crippen molar-refractivity contribution in [1.82, 2.24) is 0 Å². The molecule has 3 atom stereocenters. The fraction of sp³-hybridized carbons (Fsp3) is 0.750. The SMILES string of the molecule is C[C@@]12CCC[C@@H]3C[C@@H]3C1=CC(=O)C2. The van der Waals surface area contributed by atoms with Crippen LogP contribution in [0.15, 0.2) is 11.6 Å². The molecule has 2 saturated carbocycles. The first-order valence-corrected chi connectivity index (χ1v) is 5.44. The van der Waals surface area contributed by atoms with Gasteiger partial charge in [-0.05, 0) is 42.6 Å². The Kier molecular flexibility index (Phi) is 1.35. The first-order valence-electron chi connectivity index (χ1n) is 5.44. The fourth-order valence-corrected chi connectivity index (χ4v) is 3.37. The molecule has 3 rings (SSSR count). The molecule has 2 fully saturated rings. The summed E-state index contributed by atoms with van der Waals surface area (Å²) in [6.07, 6.45) is 8.13. The van der Waals surface area contributed by atoms with E-state index in [0.717, 1.165) is 18.3 Å². The standard InChI is InChI=1S/C12H16O/c1-12-4-2-3-8-5-10(8)11(12)6-9(13)7-12/h6,8,10H,2-5,7H2,1H3/t8-,10+,12+/m1/s1. The Morgan fingerprint density at radius 1 is 1.54 bits per heavy atom. The maximum Gasteiger partial charge on any atom is 0.156 e. The van der Waals surface area contributed by atoms with Gasteiger partial charge in [0.2, 0.25) is 0 Å². The van der Waals surface area contributed by atoms with Crippen LogP contribution >= 0.6 is 0 Å². The van der Waals surface area contributed by atoms with Crippen LogP contribution < -0.4 is 0 Å². The van der Waals surface area contributed by atoms with Crippen molar-refractivity contribution in [2.75, 3.05) is 0 Å². The summed E-state index contributed by atoms with van der Waals surface area (Å²) in [5, 5.41) is 0. The Hall–Kier alpha value is -0.590. The Morgan fingerprint density at radius 2 is 2.38 bits per heavy atom. The minimum absolute atomic E-state index is 0.271. The van der Waals surface area contributed by atoms with Crippen LogP contribution in [0.25, 0.3) is 0 Å². The van der Waals surface area contributed by atoms with Gasteiger partial charge in [0, 0.05) is 6.42 Å². The molecule has 0 saturated heterocycles. The van der Waals surface area contributed by atoms with Gasteiger partial charge in [-0.15, -0.1) is 0 Å². The maximum atomic E-state index is 11.4. The quantitative estimate of drug-likeness (QED) is 0.554. The van der Waals surface area contributed by atoms with E-state index < -0.39 is 0 Å². The van der Waals surface area contributed by atoms with Crippen LogP contribution in [0.2, 0.25) is 0 Å². The number of carbonyl (C=O) groups is 1. The third kappa shape index (κ3) is 1.02. The summed E-state index contributed by atoms with van der Waals surface area (Å²) >= 11 is 0. The monoisotopic (exact) mass is 176 g/mol. The van der Waals surface area contributed by atoms with Crippen LogP contribution in [-0.2, 0) is 4.79 Å². The van der Waals surface area contributed by atoms with Gasteiger partial charge in [-0.3, -0.25) is 4.79 Å². The van der Waals surface area contributed by atoms with E-state index in [2.05, 4.69) is 6.92 Å². The van der Waals surface area contributed by atoms with Crippen molar-refractivity contribution in [3.63, 3.8) is 0 Å². The van der Waals surface area contributed by atoms with Crippen molar-refractivity contribution in [2.24, 2.45) is 17.3 Å². The molecule has 3 aliphatic carbocycles. The summed E-state index contributed by atoms with van der Waals surface area (Å²) in [4.78, 5) is 11.4. The van der Waals surface area contributed by atoms with Crippen LogP contribution in [0.5, 0.6) is 0 Å². The van der Waals surface area contributed by atoms with Crippen LogP contribution in [0.3, 0.4) is 0 Å². The summed E-state index contributed by atoms with van der Waals surface area (Å²) in [6, 6.07) is 0. The predicted molar refractivity (Wildman–Crippen MR) is 51.3 cm³/mol. The van der Waals surface area contributed by atoms with Crippen molar-refractivity contribution >= 4 is 5.78 Å². The molecule has 0 aromatic carbocycles. The first-order chi connectivity index (χ1) is 6.19. The molecule has 0 amide bonds. The lowest BCUT2D eigenvalue weighted by molar-refractivity contribution is -0.115. The molecule has 0 aromatic rings. The normalized spacial score (nSPS) is 47.8. The molecule has 0 aliphatic heterocycles. The molecule has 0 aromatic heterocycles. The number of hydrogen-bond donors (Lipinski definition) is 0. The van der Waals surface area contributed by atoms with Gasteiger partial charge in [0.15, 0.2) is 5.78 Å². The molecule has 0 bridgehead atoms. The Morgan fingerprint density at radius 3 is 3.23 bits per heavy atom. The van der Waals surface area contributed by atoms with Crippen LogP contribution in [0.4, 0.5) is 0 Å². The lowest BCUT2D eigenvalue weighted by Crippen LogP contribution is -2.16. The van der Waals surface area contributed by atoms with Crippen molar-refractivity contribution in [1.29, 1.82) is 0 Å². The minimum Gasteiger partial charge on any atom is -0.295 e. The van der Waals surface area contributed by atoms with E-state index in [-0.39, 0.29) is 5.41 Å². The number of ketones is 1. The molecule has 1 nitrogen and oxygen atoms in total. The third-order valence-corrected chi connectivity index (χ3v) is 4.20. The average Bonchev–Trinajstić information content (AvgIpc) is 2.73. The Bertz CT molecular complexity index is 302. The van der Waals surface area contributed by atoms with Gasteiger partial charge >= 0.3 is 0 Å². The van der Waals surface area contributed by atoms with Crippen molar-refractivity contribution in [2.45, 2.75) is 39.0 Å².